The predicted molar refractivity (Wildman–Crippen MR) is 111 cm³/mol. The van der Waals surface area contributed by atoms with Crippen LogP contribution >= 0.6 is 0 Å². The maximum Gasteiger partial charge on any atom is 0.303 e. The van der Waals surface area contributed by atoms with E-state index < -0.39 is 23.8 Å². The Hall–Kier alpha value is -2.62. The highest BCUT2D eigenvalue weighted by atomic mass is 16.4. The molecule has 2 aromatic carbocycles. The lowest BCUT2D eigenvalue weighted by atomic mass is 9.72. The lowest BCUT2D eigenvalue weighted by molar-refractivity contribution is -0.140. The van der Waals surface area contributed by atoms with Crippen LogP contribution < -0.4 is 0 Å². The molecule has 150 valence electrons. The van der Waals surface area contributed by atoms with Gasteiger partial charge in [0.25, 0.3) is 0 Å². The molecule has 0 saturated carbocycles. The Morgan fingerprint density at radius 1 is 0.643 bits per heavy atom. The van der Waals surface area contributed by atoms with Crippen molar-refractivity contribution in [3.63, 3.8) is 0 Å². The zero-order chi connectivity index (χ0) is 21.2. The van der Waals surface area contributed by atoms with Crippen molar-refractivity contribution in [1.29, 1.82) is 0 Å². The molecule has 0 unspecified atom stereocenters. The van der Waals surface area contributed by atoms with Gasteiger partial charge >= 0.3 is 11.9 Å². The first-order chi connectivity index (χ1) is 13.0. The van der Waals surface area contributed by atoms with Crippen LogP contribution in [0.3, 0.4) is 0 Å². The minimum atomic E-state index is -0.915. The molecule has 0 fully saturated rings. The van der Waals surface area contributed by atoms with E-state index in [0.29, 0.717) is 0 Å². The van der Waals surface area contributed by atoms with Gasteiger partial charge < -0.3 is 10.2 Å². The molecule has 2 atom stereocenters. The molecule has 0 saturated heterocycles. The fourth-order valence-electron chi connectivity index (χ4n) is 4.82. The molecule has 0 spiro atoms. The van der Waals surface area contributed by atoms with E-state index in [2.05, 4.69) is 0 Å². The Bertz CT molecular complexity index is 789. The van der Waals surface area contributed by atoms with Gasteiger partial charge in [0.15, 0.2) is 0 Å². The molecule has 0 aromatic heterocycles. The maximum absolute atomic E-state index is 11.8. The summed E-state index contributed by atoms with van der Waals surface area (Å²) >= 11 is 0. The molecule has 0 heterocycles. The number of benzene rings is 2. The fraction of sp³-hybridized carbons (Fsp3) is 0.417. The van der Waals surface area contributed by atoms with Crippen molar-refractivity contribution >= 4 is 11.9 Å². The van der Waals surface area contributed by atoms with Gasteiger partial charge in [-0.1, -0.05) is 35.4 Å². The first-order valence-electron chi connectivity index (χ1n) is 9.60. The van der Waals surface area contributed by atoms with Crippen molar-refractivity contribution in [2.24, 2.45) is 0 Å². The van der Waals surface area contributed by atoms with Crippen LogP contribution in [0.4, 0.5) is 0 Å². The highest BCUT2D eigenvalue weighted by Gasteiger charge is 2.33. The molecule has 0 bridgehead atoms. The summed E-state index contributed by atoms with van der Waals surface area (Å²) in [6.07, 6.45) is -0.203. The van der Waals surface area contributed by atoms with Crippen LogP contribution in [0.5, 0.6) is 0 Å². The normalized spacial score (nSPS) is 13.2. The van der Waals surface area contributed by atoms with Crippen molar-refractivity contribution < 1.29 is 19.8 Å². The Balaban J connectivity index is 2.76. The van der Waals surface area contributed by atoms with Gasteiger partial charge in [-0.05, 0) is 74.9 Å². The average molecular weight is 383 g/mol. The van der Waals surface area contributed by atoms with Gasteiger partial charge in [-0.2, -0.15) is 0 Å². The summed E-state index contributed by atoms with van der Waals surface area (Å²) in [5.74, 6) is -2.65. The van der Waals surface area contributed by atoms with E-state index in [4.69, 9.17) is 0 Å². The second-order valence-electron chi connectivity index (χ2n) is 8.03. The molecule has 28 heavy (non-hydrogen) atoms. The molecule has 0 aliphatic heterocycles. The van der Waals surface area contributed by atoms with Crippen molar-refractivity contribution in [3.8, 4) is 0 Å². The van der Waals surface area contributed by atoms with Gasteiger partial charge in [0.1, 0.15) is 0 Å². The molecule has 4 nitrogen and oxygen atoms in total. The molecule has 2 N–H and O–H groups in total. The summed E-state index contributed by atoms with van der Waals surface area (Å²) in [6, 6.07) is 8.18. The maximum atomic E-state index is 11.8. The summed E-state index contributed by atoms with van der Waals surface area (Å²) < 4.78 is 0. The minimum absolute atomic E-state index is 0.102. The van der Waals surface area contributed by atoms with E-state index in [1.165, 1.54) is 0 Å². The molecule has 0 aliphatic rings. The Morgan fingerprint density at radius 3 is 1.11 bits per heavy atom. The number of rotatable bonds is 7. The summed E-state index contributed by atoms with van der Waals surface area (Å²) in [6.45, 7) is 12.0. The van der Waals surface area contributed by atoms with Gasteiger partial charge in [-0.25, -0.2) is 0 Å². The molecule has 0 amide bonds. The van der Waals surface area contributed by atoms with Gasteiger partial charge in [0.05, 0.1) is 12.8 Å². The first-order valence-corrected chi connectivity index (χ1v) is 9.60. The Labute approximate surface area is 167 Å². The van der Waals surface area contributed by atoms with Crippen LogP contribution in [-0.4, -0.2) is 22.2 Å². The average Bonchev–Trinajstić information content (AvgIpc) is 2.50. The van der Waals surface area contributed by atoms with Crippen LogP contribution in [0, 0.1) is 41.5 Å². The minimum Gasteiger partial charge on any atom is -0.481 e. The van der Waals surface area contributed by atoms with E-state index in [1.54, 1.807) is 0 Å². The van der Waals surface area contributed by atoms with Crippen LogP contribution in [0.25, 0.3) is 0 Å². The molecule has 0 aliphatic carbocycles. The van der Waals surface area contributed by atoms with Crippen molar-refractivity contribution in [2.75, 3.05) is 0 Å². The number of carboxylic acids is 2. The second kappa shape index (κ2) is 8.59. The summed E-state index contributed by atoms with van der Waals surface area (Å²) in [7, 11) is 0. The van der Waals surface area contributed by atoms with Crippen LogP contribution in [0.15, 0.2) is 24.3 Å². The van der Waals surface area contributed by atoms with E-state index in [0.717, 1.165) is 44.5 Å². The number of aliphatic carboxylic acids is 2. The van der Waals surface area contributed by atoms with Crippen LogP contribution in [-0.2, 0) is 9.59 Å². The largest absolute Gasteiger partial charge is 0.481 e. The highest BCUT2D eigenvalue weighted by molar-refractivity contribution is 5.71. The van der Waals surface area contributed by atoms with Crippen molar-refractivity contribution in [3.05, 3.63) is 68.8 Å². The molecular formula is C24H30O4. The van der Waals surface area contributed by atoms with Crippen molar-refractivity contribution in [1.82, 2.24) is 0 Å². The van der Waals surface area contributed by atoms with Crippen LogP contribution in [0.2, 0.25) is 0 Å². The number of hydrogen-bond acceptors (Lipinski definition) is 2. The topological polar surface area (TPSA) is 74.6 Å². The van der Waals surface area contributed by atoms with Crippen molar-refractivity contribution in [2.45, 2.75) is 66.2 Å². The number of hydrogen-bond donors (Lipinski definition) is 2. The number of aryl methyl sites for hydroxylation is 6. The van der Waals surface area contributed by atoms with E-state index >= 15 is 0 Å². The molecule has 2 rings (SSSR count). The summed E-state index contributed by atoms with van der Waals surface area (Å²) in [4.78, 5) is 23.5. The van der Waals surface area contributed by atoms with E-state index in [-0.39, 0.29) is 12.8 Å². The molecular weight excluding hydrogens is 352 g/mol. The summed E-state index contributed by atoms with van der Waals surface area (Å²) in [5.41, 5.74) is 8.21. The molecule has 0 radical (unpaired) electrons. The third-order valence-electron chi connectivity index (χ3n) is 5.49. The Kier molecular flexibility index (Phi) is 6.65. The fourth-order valence-corrected chi connectivity index (χ4v) is 4.82. The highest BCUT2D eigenvalue weighted by Crippen LogP contribution is 2.43. The summed E-state index contributed by atoms with van der Waals surface area (Å²) in [5, 5.41) is 19.3. The molecule has 4 heteroatoms. The number of carbonyl (C=O) groups is 2. The quantitative estimate of drug-likeness (QED) is 0.676. The smallest absolute Gasteiger partial charge is 0.303 e. The molecule has 2 aromatic rings. The van der Waals surface area contributed by atoms with Gasteiger partial charge in [-0.3, -0.25) is 9.59 Å². The zero-order valence-corrected chi connectivity index (χ0v) is 17.6. The lowest BCUT2D eigenvalue weighted by Gasteiger charge is -2.31. The lowest BCUT2D eigenvalue weighted by Crippen LogP contribution is -2.22. The third kappa shape index (κ3) is 4.80. The van der Waals surface area contributed by atoms with Gasteiger partial charge in [0.2, 0.25) is 0 Å². The van der Waals surface area contributed by atoms with E-state index in [9.17, 15) is 19.8 Å². The van der Waals surface area contributed by atoms with Gasteiger partial charge in [0, 0.05) is 11.8 Å². The predicted octanol–water partition coefficient (Wildman–Crippen LogP) is 5.35. The second-order valence-corrected chi connectivity index (χ2v) is 8.03. The monoisotopic (exact) mass is 382 g/mol. The van der Waals surface area contributed by atoms with E-state index in [1.807, 2.05) is 65.8 Å². The van der Waals surface area contributed by atoms with Crippen LogP contribution in [0.1, 0.15) is 69.2 Å². The van der Waals surface area contributed by atoms with Gasteiger partial charge in [-0.15, -0.1) is 0 Å². The third-order valence-corrected chi connectivity index (χ3v) is 5.49. The first kappa shape index (κ1) is 21.7. The standard InChI is InChI=1S/C24H30O4/c1-13-7-15(3)23(16(4)8-13)19(11-21(25)26)20(12-22(27)28)24-17(5)9-14(2)10-18(24)6/h7-10,19-20H,11-12H2,1-6H3,(H,25,26)(H,27,28)/t19-,20+. The SMILES string of the molecule is Cc1cc(C)c([C@@H](CC(=O)O)[C@@H](CC(=O)O)c2c(C)cc(C)cc2C)c(C)c1. The number of carboxylic acid groups (broad SMARTS) is 2. The zero-order valence-electron chi connectivity index (χ0n) is 17.6. The Morgan fingerprint density at radius 2 is 0.893 bits per heavy atom.